The van der Waals surface area contributed by atoms with Gasteiger partial charge in [0, 0.05) is 5.56 Å². The first-order valence-corrected chi connectivity index (χ1v) is 8.95. The van der Waals surface area contributed by atoms with Crippen molar-refractivity contribution in [3.05, 3.63) is 76.1 Å². The summed E-state index contributed by atoms with van der Waals surface area (Å²) in [6, 6.07) is 14.1. The molecule has 0 bridgehead atoms. The number of para-hydroxylation sites is 1. The molecule has 0 N–H and O–H groups in total. The van der Waals surface area contributed by atoms with E-state index in [0.29, 0.717) is 33.3 Å². The summed E-state index contributed by atoms with van der Waals surface area (Å²) in [5.41, 5.74) is 2.71. The summed E-state index contributed by atoms with van der Waals surface area (Å²) in [4.78, 5) is 24.9. The third kappa shape index (κ3) is 3.92. The van der Waals surface area contributed by atoms with Crippen LogP contribution in [-0.4, -0.2) is 35.2 Å². The Balaban J connectivity index is 1.74. The fourth-order valence-corrected chi connectivity index (χ4v) is 3.14. The smallest absolute Gasteiger partial charge is 0.342 e. The zero-order valence-corrected chi connectivity index (χ0v) is 16.5. The van der Waals surface area contributed by atoms with E-state index in [9.17, 15) is 9.59 Å². The van der Waals surface area contributed by atoms with Crippen LogP contribution in [0.1, 0.15) is 32.1 Å². The largest absolute Gasteiger partial charge is 0.495 e. The number of hydrogen-bond donors (Lipinski definition) is 0. The molecule has 0 saturated carbocycles. The number of aryl methyl sites for hydroxylation is 1. The Bertz CT molecular complexity index is 1030. The Hall–Kier alpha value is -3.12. The summed E-state index contributed by atoms with van der Waals surface area (Å²) < 4.78 is 12.0. The molecule has 2 aromatic carbocycles. The molecule has 3 rings (SSSR count). The van der Waals surface area contributed by atoms with Crippen molar-refractivity contribution < 1.29 is 19.1 Å². The van der Waals surface area contributed by atoms with E-state index < -0.39 is 12.6 Å². The average Bonchev–Trinajstić information content (AvgIpc) is 3.00. The standard InChI is InChI=1S/C21H19ClN2O4/c1-13-20(14(2)24(23-13)16-7-5-4-6-8-16)21(26)28-12-18(25)15-9-10-19(27-3)17(22)11-15/h4-11H,12H2,1-3H3. The van der Waals surface area contributed by atoms with Crippen LogP contribution in [0.15, 0.2) is 48.5 Å². The lowest BCUT2D eigenvalue weighted by atomic mass is 10.1. The van der Waals surface area contributed by atoms with Gasteiger partial charge >= 0.3 is 5.97 Å². The maximum absolute atomic E-state index is 12.6. The second-order valence-electron chi connectivity index (χ2n) is 6.14. The maximum atomic E-state index is 12.6. The first-order chi connectivity index (χ1) is 13.4. The Morgan fingerprint density at radius 1 is 1.11 bits per heavy atom. The minimum absolute atomic E-state index is 0.315. The van der Waals surface area contributed by atoms with Crippen LogP contribution in [0, 0.1) is 13.8 Å². The van der Waals surface area contributed by atoms with Crippen LogP contribution in [-0.2, 0) is 4.74 Å². The van der Waals surface area contributed by atoms with E-state index in [-0.39, 0.29) is 5.78 Å². The van der Waals surface area contributed by atoms with Crippen LogP contribution >= 0.6 is 11.6 Å². The van der Waals surface area contributed by atoms with Gasteiger partial charge < -0.3 is 9.47 Å². The second-order valence-corrected chi connectivity index (χ2v) is 6.55. The molecule has 0 fully saturated rings. The lowest BCUT2D eigenvalue weighted by Crippen LogP contribution is -2.15. The van der Waals surface area contributed by atoms with Crippen LogP contribution < -0.4 is 4.74 Å². The number of ether oxygens (including phenoxy) is 2. The lowest BCUT2D eigenvalue weighted by Gasteiger charge is -2.07. The first-order valence-electron chi connectivity index (χ1n) is 8.58. The number of methoxy groups -OCH3 is 1. The summed E-state index contributed by atoms with van der Waals surface area (Å²) in [5, 5.41) is 4.73. The van der Waals surface area contributed by atoms with Gasteiger partial charge in [0.05, 0.1) is 29.2 Å². The number of ketones is 1. The number of aromatic nitrogens is 2. The minimum Gasteiger partial charge on any atom is -0.495 e. The quantitative estimate of drug-likeness (QED) is 0.460. The van der Waals surface area contributed by atoms with Crippen molar-refractivity contribution in [3.63, 3.8) is 0 Å². The van der Waals surface area contributed by atoms with Crippen molar-refractivity contribution in [2.24, 2.45) is 0 Å². The van der Waals surface area contributed by atoms with E-state index in [1.165, 1.54) is 13.2 Å². The zero-order chi connectivity index (χ0) is 20.3. The third-order valence-corrected chi connectivity index (χ3v) is 4.60. The highest BCUT2D eigenvalue weighted by atomic mass is 35.5. The van der Waals surface area contributed by atoms with E-state index in [1.54, 1.807) is 30.7 Å². The highest BCUT2D eigenvalue weighted by Gasteiger charge is 2.22. The summed E-state index contributed by atoms with van der Waals surface area (Å²) in [6.07, 6.45) is 0. The number of carbonyl (C=O) groups is 2. The molecular formula is C21H19ClN2O4. The monoisotopic (exact) mass is 398 g/mol. The molecule has 7 heteroatoms. The van der Waals surface area contributed by atoms with Crippen molar-refractivity contribution in [1.29, 1.82) is 0 Å². The molecule has 0 aliphatic rings. The molecule has 6 nitrogen and oxygen atoms in total. The molecule has 0 atom stereocenters. The van der Waals surface area contributed by atoms with Crippen molar-refractivity contribution in [3.8, 4) is 11.4 Å². The Morgan fingerprint density at radius 2 is 1.82 bits per heavy atom. The number of Topliss-reactive ketones (excluding diaryl/α,β-unsaturated/α-hetero) is 1. The molecule has 0 aliphatic carbocycles. The number of halogens is 1. The van der Waals surface area contributed by atoms with Crippen molar-refractivity contribution >= 4 is 23.4 Å². The van der Waals surface area contributed by atoms with E-state index in [2.05, 4.69) is 5.10 Å². The van der Waals surface area contributed by atoms with Crippen molar-refractivity contribution in [2.45, 2.75) is 13.8 Å². The first kappa shape index (κ1) is 19.6. The van der Waals surface area contributed by atoms with Gasteiger partial charge in [-0.15, -0.1) is 0 Å². The average molecular weight is 399 g/mol. The molecule has 1 aromatic heterocycles. The molecule has 28 heavy (non-hydrogen) atoms. The topological polar surface area (TPSA) is 70.4 Å². The number of rotatable bonds is 6. The van der Waals surface area contributed by atoms with Gasteiger partial charge in [0.1, 0.15) is 11.3 Å². The molecule has 0 unspecified atom stereocenters. The van der Waals surface area contributed by atoms with Gasteiger partial charge in [0.25, 0.3) is 0 Å². The van der Waals surface area contributed by atoms with E-state index in [4.69, 9.17) is 21.1 Å². The summed E-state index contributed by atoms with van der Waals surface area (Å²) in [5.74, 6) is -0.483. The van der Waals surface area contributed by atoms with Gasteiger partial charge in [-0.3, -0.25) is 4.79 Å². The maximum Gasteiger partial charge on any atom is 0.342 e. The molecule has 3 aromatic rings. The Labute approximate surface area is 167 Å². The SMILES string of the molecule is COc1ccc(C(=O)COC(=O)c2c(C)nn(-c3ccccc3)c2C)cc1Cl. The zero-order valence-electron chi connectivity index (χ0n) is 15.7. The Morgan fingerprint density at radius 3 is 2.46 bits per heavy atom. The molecular weight excluding hydrogens is 380 g/mol. The van der Waals surface area contributed by atoms with Crippen molar-refractivity contribution in [2.75, 3.05) is 13.7 Å². The highest BCUT2D eigenvalue weighted by Crippen LogP contribution is 2.25. The van der Waals surface area contributed by atoms with Crippen LogP contribution in [0.3, 0.4) is 0 Å². The number of hydrogen-bond acceptors (Lipinski definition) is 5. The second kappa shape index (κ2) is 8.27. The van der Waals surface area contributed by atoms with Gasteiger partial charge in [-0.1, -0.05) is 29.8 Å². The van der Waals surface area contributed by atoms with Gasteiger partial charge in [-0.2, -0.15) is 5.10 Å². The fourth-order valence-electron chi connectivity index (χ4n) is 2.89. The van der Waals surface area contributed by atoms with Crippen molar-refractivity contribution in [1.82, 2.24) is 9.78 Å². The molecule has 0 saturated heterocycles. The number of carbonyl (C=O) groups excluding carboxylic acids is 2. The van der Waals surface area contributed by atoms with Gasteiger partial charge in [0.2, 0.25) is 0 Å². The highest BCUT2D eigenvalue weighted by molar-refractivity contribution is 6.32. The normalized spacial score (nSPS) is 10.6. The fraction of sp³-hybridized carbons (Fsp3) is 0.190. The Kier molecular flexibility index (Phi) is 5.80. The van der Waals surface area contributed by atoms with E-state index in [0.717, 1.165) is 5.69 Å². The number of benzene rings is 2. The van der Waals surface area contributed by atoms with Crippen LogP contribution in [0.4, 0.5) is 0 Å². The predicted octanol–water partition coefficient (Wildman–Crippen LogP) is 4.19. The van der Waals surface area contributed by atoms with E-state index in [1.807, 2.05) is 30.3 Å². The van der Waals surface area contributed by atoms with Gasteiger partial charge in [0.15, 0.2) is 12.4 Å². The van der Waals surface area contributed by atoms with Crippen LogP contribution in [0.25, 0.3) is 5.69 Å². The van der Waals surface area contributed by atoms with Gasteiger partial charge in [-0.05, 0) is 44.2 Å². The van der Waals surface area contributed by atoms with Crippen LogP contribution in [0.5, 0.6) is 5.75 Å². The lowest BCUT2D eigenvalue weighted by molar-refractivity contribution is 0.0473. The minimum atomic E-state index is -0.592. The summed E-state index contributed by atoms with van der Waals surface area (Å²) in [7, 11) is 1.49. The van der Waals surface area contributed by atoms with Gasteiger partial charge in [-0.25, -0.2) is 9.48 Å². The molecule has 0 aliphatic heterocycles. The van der Waals surface area contributed by atoms with Crippen LogP contribution in [0.2, 0.25) is 5.02 Å². The number of esters is 1. The molecule has 0 amide bonds. The molecule has 1 heterocycles. The third-order valence-electron chi connectivity index (χ3n) is 4.30. The molecule has 0 spiro atoms. The van der Waals surface area contributed by atoms with E-state index >= 15 is 0 Å². The predicted molar refractivity (Wildman–Crippen MR) is 106 cm³/mol. The number of nitrogens with zero attached hydrogens (tertiary/aromatic N) is 2. The molecule has 144 valence electrons. The summed E-state index contributed by atoms with van der Waals surface area (Å²) in [6.45, 7) is 3.12. The summed E-state index contributed by atoms with van der Waals surface area (Å²) >= 11 is 6.04. The molecule has 0 radical (unpaired) electrons.